The summed E-state index contributed by atoms with van der Waals surface area (Å²) < 4.78 is 0. The zero-order valence-corrected chi connectivity index (χ0v) is 15.9. The molecule has 5 rings (SSSR count). The Hall–Kier alpha value is -4.19. The van der Waals surface area contributed by atoms with Crippen molar-refractivity contribution in [3.8, 4) is 0 Å². The number of hydrogen-bond donors (Lipinski definition) is 3. The Balaban J connectivity index is 1.52. The van der Waals surface area contributed by atoms with Crippen LogP contribution in [0.4, 0.5) is 5.69 Å². The summed E-state index contributed by atoms with van der Waals surface area (Å²) in [6, 6.07) is 26.5. The molecule has 0 spiro atoms. The van der Waals surface area contributed by atoms with Crippen LogP contribution in [-0.2, 0) is 4.79 Å². The van der Waals surface area contributed by atoms with Crippen LogP contribution in [0.5, 0.6) is 0 Å². The van der Waals surface area contributed by atoms with E-state index in [1.165, 1.54) is 0 Å². The topological polar surface area (TPSA) is 86.3 Å². The third kappa shape index (κ3) is 3.24. The molecule has 3 N–H and O–H groups in total. The quantitative estimate of drug-likeness (QED) is 0.495. The van der Waals surface area contributed by atoms with Crippen molar-refractivity contribution in [1.29, 1.82) is 0 Å². The van der Waals surface area contributed by atoms with Gasteiger partial charge in [-0.1, -0.05) is 66.7 Å². The number of carbonyl (C=O) groups is 2. The van der Waals surface area contributed by atoms with E-state index in [9.17, 15) is 9.59 Å². The minimum absolute atomic E-state index is 0.377. The van der Waals surface area contributed by atoms with Crippen molar-refractivity contribution in [3.05, 3.63) is 102 Å². The second-order valence-electron chi connectivity index (χ2n) is 7.02. The number of aromatic amines is 1. The van der Waals surface area contributed by atoms with Gasteiger partial charge >= 0.3 is 0 Å². The van der Waals surface area contributed by atoms with Crippen LogP contribution in [0.1, 0.15) is 21.6 Å². The summed E-state index contributed by atoms with van der Waals surface area (Å²) in [7, 11) is 0. The predicted octanol–water partition coefficient (Wildman–Crippen LogP) is 3.71. The third-order valence-electron chi connectivity index (χ3n) is 5.04. The molecule has 2 amide bonds. The summed E-state index contributed by atoms with van der Waals surface area (Å²) >= 11 is 0. The molecule has 0 unspecified atom stereocenters. The van der Waals surface area contributed by atoms with Gasteiger partial charge in [-0.2, -0.15) is 0 Å². The number of para-hydroxylation sites is 2. The molecule has 3 aromatic carbocycles. The van der Waals surface area contributed by atoms with Crippen molar-refractivity contribution in [3.63, 3.8) is 0 Å². The SMILES string of the molecule is O=C(N[C@@H]1N=C(c2ccccc2)c2ccccc2NC1=O)c1cc2ccccc2[nH]1. The molecule has 0 bridgehead atoms. The Bertz CT molecular complexity index is 1260. The first-order chi connectivity index (χ1) is 14.7. The molecule has 146 valence electrons. The minimum Gasteiger partial charge on any atom is -0.351 e. The fourth-order valence-corrected chi connectivity index (χ4v) is 3.58. The maximum atomic E-state index is 12.9. The van der Waals surface area contributed by atoms with Gasteiger partial charge in [0.1, 0.15) is 5.69 Å². The zero-order valence-electron chi connectivity index (χ0n) is 15.9. The van der Waals surface area contributed by atoms with Gasteiger partial charge in [0.15, 0.2) is 0 Å². The summed E-state index contributed by atoms with van der Waals surface area (Å²) in [6.07, 6.45) is -1.06. The maximum Gasteiger partial charge on any atom is 0.269 e. The summed E-state index contributed by atoms with van der Waals surface area (Å²) in [5.74, 6) is -0.786. The lowest BCUT2D eigenvalue weighted by molar-refractivity contribution is -0.117. The van der Waals surface area contributed by atoms with Gasteiger partial charge in [-0.05, 0) is 18.2 Å². The van der Waals surface area contributed by atoms with Gasteiger partial charge in [0.05, 0.1) is 11.4 Å². The van der Waals surface area contributed by atoms with Gasteiger partial charge in [0.25, 0.3) is 11.8 Å². The first-order valence-electron chi connectivity index (χ1n) is 9.61. The molecular formula is C24H18N4O2. The van der Waals surface area contributed by atoms with E-state index >= 15 is 0 Å². The maximum absolute atomic E-state index is 12.9. The van der Waals surface area contributed by atoms with E-state index in [0.717, 1.165) is 22.0 Å². The molecule has 30 heavy (non-hydrogen) atoms. The van der Waals surface area contributed by atoms with Crippen LogP contribution < -0.4 is 10.6 Å². The lowest BCUT2D eigenvalue weighted by atomic mass is 10.0. The number of benzodiazepines with no additional fused rings is 1. The van der Waals surface area contributed by atoms with Crippen molar-refractivity contribution in [2.24, 2.45) is 4.99 Å². The average molecular weight is 394 g/mol. The van der Waals surface area contributed by atoms with Crippen molar-refractivity contribution in [1.82, 2.24) is 10.3 Å². The zero-order chi connectivity index (χ0) is 20.5. The van der Waals surface area contributed by atoms with Crippen LogP contribution in [0.15, 0.2) is 89.9 Å². The van der Waals surface area contributed by atoms with Crippen molar-refractivity contribution in [2.45, 2.75) is 6.17 Å². The molecule has 1 aliphatic rings. The first kappa shape index (κ1) is 17.9. The number of hydrogen-bond acceptors (Lipinski definition) is 3. The molecule has 6 nitrogen and oxygen atoms in total. The number of anilines is 1. The Morgan fingerprint density at radius 1 is 0.900 bits per heavy atom. The monoisotopic (exact) mass is 394 g/mol. The standard InChI is InChI=1S/C24H18N4O2/c29-23(20-14-16-10-4-6-12-18(16)25-20)28-22-24(30)26-19-13-7-5-11-17(19)21(27-22)15-8-2-1-3-9-15/h1-14,22,25H,(H,26,30)(H,28,29)/t22-/m0/s1. The van der Waals surface area contributed by atoms with E-state index in [4.69, 9.17) is 0 Å². The first-order valence-corrected chi connectivity index (χ1v) is 9.61. The second kappa shape index (κ2) is 7.33. The average Bonchev–Trinajstić information content (AvgIpc) is 3.16. The highest BCUT2D eigenvalue weighted by Crippen LogP contribution is 2.24. The Morgan fingerprint density at radius 3 is 2.47 bits per heavy atom. The fourth-order valence-electron chi connectivity index (χ4n) is 3.58. The largest absolute Gasteiger partial charge is 0.351 e. The van der Waals surface area contributed by atoms with Crippen molar-refractivity contribution < 1.29 is 9.59 Å². The predicted molar refractivity (Wildman–Crippen MR) is 117 cm³/mol. The lowest BCUT2D eigenvalue weighted by Crippen LogP contribution is -2.42. The molecule has 6 heteroatoms. The highest BCUT2D eigenvalue weighted by atomic mass is 16.2. The smallest absolute Gasteiger partial charge is 0.269 e. The highest BCUT2D eigenvalue weighted by molar-refractivity contribution is 6.20. The van der Waals surface area contributed by atoms with Gasteiger partial charge in [0, 0.05) is 22.0 Å². The third-order valence-corrected chi connectivity index (χ3v) is 5.04. The van der Waals surface area contributed by atoms with Gasteiger partial charge in [-0.25, -0.2) is 4.99 Å². The van der Waals surface area contributed by atoms with Crippen LogP contribution in [0.3, 0.4) is 0 Å². The van der Waals surface area contributed by atoms with Crippen LogP contribution in [0, 0.1) is 0 Å². The van der Waals surface area contributed by atoms with Crippen molar-refractivity contribution >= 4 is 34.1 Å². The van der Waals surface area contributed by atoms with Gasteiger partial charge in [-0.3, -0.25) is 9.59 Å². The number of H-pyrrole nitrogens is 1. The fraction of sp³-hybridized carbons (Fsp3) is 0.0417. The molecule has 0 saturated heterocycles. The molecule has 0 aliphatic carbocycles. The molecule has 1 atom stereocenters. The number of aromatic nitrogens is 1. The number of nitrogens with zero attached hydrogens (tertiary/aromatic N) is 1. The molecule has 0 fully saturated rings. The number of rotatable bonds is 3. The molecule has 4 aromatic rings. The summed E-state index contributed by atoms with van der Waals surface area (Å²) in [5, 5.41) is 6.55. The molecule has 1 aromatic heterocycles. The van der Waals surface area contributed by atoms with Gasteiger partial charge in [-0.15, -0.1) is 0 Å². The van der Waals surface area contributed by atoms with E-state index in [0.29, 0.717) is 17.1 Å². The van der Waals surface area contributed by atoms with Crippen LogP contribution >= 0.6 is 0 Å². The number of benzene rings is 3. The van der Waals surface area contributed by atoms with E-state index in [-0.39, 0.29) is 0 Å². The van der Waals surface area contributed by atoms with E-state index in [1.54, 1.807) is 6.07 Å². The van der Waals surface area contributed by atoms with Crippen LogP contribution in [0.25, 0.3) is 10.9 Å². The van der Waals surface area contributed by atoms with E-state index in [2.05, 4.69) is 20.6 Å². The molecule has 0 saturated carbocycles. The molecule has 2 heterocycles. The Kier molecular flexibility index (Phi) is 4.37. The Labute approximate surface area is 172 Å². The second-order valence-corrected chi connectivity index (χ2v) is 7.02. The number of amides is 2. The minimum atomic E-state index is -1.06. The lowest BCUT2D eigenvalue weighted by Gasteiger charge is -2.12. The number of nitrogens with one attached hydrogen (secondary N) is 3. The van der Waals surface area contributed by atoms with Crippen LogP contribution in [-0.4, -0.2) is 28.7 Å². The Morgan fingerprint density at radius 2 is 1.63 bits per heavy atom. The van der Waals surface area contributed by atoms with Crippen molar-refractivity contribution in [2.75, 3.05) is 5.32 Å². The normalized spacial score (nSPS) is 15.7. The van der Waals surface area contributed by atoms with Gasteiger partial charge < -0.3 is 15.6 Å². The van der Waals surface area contributed by atoms with Crippen LogP contribution in [0.2, 0.25) is 0 Å². The number of carbonyl (C=O) groups excluding carboxylic acids is 2. The number of aliphatic imine (C=N–C) groups is 1. The van der Waals surface area contributed by atoms with E-state index in [1.807, 2.05) is 78.9 Å². The summed E-state index contributed by atoms with van der Waals surface area (Å²) in [5.41, 5.74) is 4.21. The summed E-state index contributed by atoms with van der Waals surface area (Å²) in [6.45, 7) is 0. The highest BCUT2D eigenvalue weighted by Gasteiger charge is 2.27. The number of fused-ring (bicyclic) bond motifs is 2. The van der Waals surface area contributed by atoms with Gasteiger partial charge in [0.2, 0.25) is 6.17 Å². The molecule has 0 radical (unpaired) electrons. The van der Waals surface area contributed by atoms with E-state index < -0.39 is 18.0 Å². The molecule has 1 aliphatic heterocycles. The molecular weight excluding hydrogens is 376 g/mol. The summed E-state index contributed by atoms with van der Waals surface area (Å²) in [4.78, 5) is 33.4.